The van der Waals surface area contributed by atoms with Crippen LogP contribution in [0.15, 0.2) is 46.3 Å². The molecule has 3 rings (SSSR count). The van der Waals surface area contributed by atoms with Gasteiger partial charge in [0.05, 0.1) is 10.7 Å². The van der Waals surface area contributed by atoms with Crippen LogP contribution in [0.1, 0.15) is 15.9 Å². The van der Waals surface area contributed by atoms with E-state index < -0.39 is 0 Å². The second-order valence-corrected chi connectivity index (χ2v) is 6.47. The number of nitrogen functional groups attached to an aromatic ring is 1. The number of anilines is 1. The first-order valence-corrected chi connectivity index (χ1v) is 7.88. The van der Waals surface area contributed by atoms with Gasteiger partial charge in [0.1, 0.15) is 0 Å². The van der Waals surface area contributed by atoms with E-state index in [0.29, 0.717) is 21.8 Å². The number of rotatable bonds is 2. The van der Waals surface area contributed by atoms with E-state index in [0.717, 1.165) is 14.6 Å². The molecule has 2 N–H and O–H groups in total. The van der Waals surface area contributed by atoms with Crippen LogP contribution in [0.5, 0.6) is 0 Å². The Kier molecular flexibility index (Phi) is 3.54. The molecule has 0 spiro atoms. The number of hydrogen-bond acceptors (Lipinski definition) is 3. The Hall–Kier alpha value is -1.36. The van der Waals surface area contributed by atoms with Gasteiger partial charge in [0.15, 0.2) is 5.78 Å². The van der Waals surface area contributed by atoms with E-state index >= 15 is 0 Å². The fraction of sp³-hybridized carbons (Fsp3) is 0. The zero-order valence-electron chi connectivity index (χ0n) is 10.2. The lowest BCUT2D eigenvalue weighted by Crippen LogP contribution is -2.01. The topological polar surface area (TPSA) is 43.1 Å². The Morgan fingerprint density at radius 1 is 1.25 bits per heavy atom. The molecule has 3 aromatic rings. The van der Waals surface area contributed by atoms with Gasteiger partial charge in [-0.05, 0) is 40.2 Å². The molecule has 0 aliphatic rings. The molecule has 1 heterocycles. The van der Waals surface area contributed by atoms with Crippen molar-refractivity contribution in [3.8, 4) is 0 Å². The molecule has 2 aromatic carbocycles. The first kappa shape index (κ1) is 13.6. The Bertz CT molecular complexity index is 828. The van der Waals surface area contributed by atoms with Gasteiger partial charge in [-0.1, -0.05) is 23.7 Å². The summed E-state index contributed by atoms with van der Waals surface area (Å²) in [6, 6.07) is 10.8. The van der Waals surface area contributed by atoms with Gasteiger partial charge in [0, 0.05) is 31.1 Å². The van der Waals surface area contributed by atoms with Gasteiger partial charge in [-0.25, -0.2) is 0 Å². The minimum atomic E-state index is -0.0451. The van der Waals surface area contributed by atoms with Crippen molar-refractivity contribution >= 4 is 60.4 Å². The molecule has 0 aliphatic carbocycles. The summed E-state index contributed by atoms with van der Waals surface area (Å²) in [5.74, 6) is -0.0451. The lowest BCUT2D eigenvalue weighted by atomic mass is 10.0. The van der Waals surface area contributed by atoms with Crippen molar-refractivity contribution in [2.24, 2.45) is 0 Å². The summed E-state index contributed by atoms with van der Waals surface area (Å²) in [6.45, 7) is 0. The van der Waals surface area contributed by atoms with Gasteiger partial charge < -0.3 is 5.73 Å². The average molecular weight is 367 g/mol. The summed E-state index contributed by atoms with van der Waals surface area (Å²) in [4.78, 5) is 12.6. The summed E-state index contributed by atoms with van der Waals surface area (Å²) in [7, 11) is 0. The number of hydrogen-bond donors (Lipinski definition) is 1. The summed E-state index contributed by atoms with van der Waals surface area (Å²) >= 11 is 11.0. The van der Waals surface area contributed by atoms with Crippen LogP contribution >= 0.6 is 38.9 Å². The molecule has 0 unspecified atom stereocenters. The van der Waals surface area contributed by atoms with Gasteiger partial charge in [0.2, 0.25) is 0 Å². The zero-order valence-corrected chi connectivity index (χ0v) is 13.3. The molecule has 0 amide bonds. The predicted octanol–water partition coefficient (Wildman–Crippen LogP) is 5.13. The SMILES string of the molecule is Nc1ccc(C(=O)c2csc3c(Br)cccc23)cc1Cl. The van der Waals surface area contributed by atoms with Crippen LogP contribution in [-0.4, -0.2) is 5.78 Å². The van der Waals surface area contributed by atoms with Crippen LogP contribution in [0.4, 0.5) is 5.69 Å². The van der Waals surface area contributed by atoms with Gasteiger partial charge in [-0.15, -0.1) is 11.3 Å². The molecular weight excluding hydrogens is 358 g/mol. The lowest BCUT2D eigenvalue weighted by molar-refractivity contribution is 0.104. The predicted molar refractivity (Wildman–Crippen MR) is 88.8 cm³/mol. The van der Waals surface area contributed by atoms with Crippen LogP contribution in [0.3, 0.4) is 0 Å². The third kappa shape index (κ3) is 2.24. The first-order chi connectivity index (χ1) is 9.58. The average Bonchev–Trinajstić information content (AvgIpc) is 2.86. The fourth-order valence-electron chi connectivity index (χ4n) is 2.02. The standard InChI is InChI=1S/C15H9BrClNOS/c16-11-3-1-2-9-10(7-20-15(9)11)14(19)8-4-5-13(18)12(17)6-8/h1-7H,18H2. The van der Waals surface area contributed by atoms with E-state index in [4.69, 9.17) is 17.3 Å². The number of carbonyl (C=O) groups is 1. The zero-order chi connectivity index (χ0) is 14.3. The number of fused-ring (bicyclic) bond motifs is 1. The van der Waals surface area contributed by atoms with E-state index in [1.165, 1.54) is 0 Å². The van der Waals surface area contributed by atoms with Gasteiger partial charge in [0.25, 0.3) is 0 Å². The molecule has 0 saturated carbocycles. The Morgan fingerprint density at radius 3 is 2.80 bits per heavy atom. The van der Waals surface area contributed by atoms with Crippen LogP contribution in [-0.2, 0) is 0 Å². The van der Waals surface area contributed by atoms with Crippen LogP contribution in [0.2, 0.25) is 5.02 Å². The van der Waals surface area contributed by atoms with Crippen molar-refractivity contribution in [2.75, 3.05) is 5.73 Å². The molecule has 1 aromatic heterocycles. The van der Waals surface area contributed by atoms with Crippen molar-refractivity contribution < 1.29 is 4.79 Å². The highest BCUT2D eigenvalue weighted by atomic mass is 79.9. The maximum absolute atomic E-state index is 12.6. The number of nitrogens with two attached hydrogens (primary N) is 1. The minimum Gasteiger partial charge on any atom is -0.398 e. The van der Waals surface area contributed by atoms with Crippen molar-refractivity contribution in [3.63, 3.8) is 0 Å². The summed E-state index contributed by atoms with van der Waals surface area (Å²) in [6.07, 6.45) is 0. The molecule has 100 valence electrons. The van der Waals surface area contributed by atoms with E-state index in [9.17, 15) is 4.79 Å². The molecule has 0 radical (unpaired) electrons. The maximum atomic E-state index is 12.6. The molecular formula is C15H9BrClNOS. The van der Waals surface area contributed by atoms with Gasteiger partial charge in [-0.2, -0.15) is 0 Å². The van der Waals surface area contributed by atoms with Crippen LogP contribution in [0, 0.1) is 0 Å². The lowest BCUT2D eigenvalue weighted by Gasteiger charge is -2.03. The highest BCUT2D eigenvalue weighted by Crippen LogP contribution is 2.33. The maximum Gasteiger partial charge on any atom is 0.194 e. The summed E-state index contributed by atoms with van der Waals surface area (Å²) in [5, 5.41) is 3.22. The molecule has 20 heavy (non-hydrogen) atoms. The first-order valence-electron chi connectivity index (χ1n) is 5.83. The number of halogens is 2. The molecule has 2 nitrogen and oxygen atoms in total. The Labute approximate surface area is 133 Å². The molecule has 0 bridgehead atoms. The van der Waals surface area contributed by atoms with Crippen LogP contribution in [0.25, 0.3) is 10.1 Å². The Morgan fingerprint density at radius 2 is 2.05 bits per heavy atom. The fourth-order valence-corrected chi connectivity index (χ4v) is 3.80. The van der Waals surface area contributed by atoms with E-state index in [2.05, 4.69) is 15.9 Å². The van der Waals surface area contributed by atoms with Crippen molar-refractivity contribution in [2.45, 2.75) is 0 Å². The summed E-state index contributed by atoms with van der Waals surface area (Å²) in [5.41, 5.74) is 7.38. The quantitative estimate of drug-likeness (QED) is 0.504. The third-order valence-corrected chi connectivity index (χ3v) is 5.34. The smallest absolute Gasteiger partial charge is 0.194 e. The molecule has 0 atom stereocenters. The van der Waals surface area contributed by atoms with E-state index in [1.807, 2.05) is 23.6 Å². The summed E-state index contributed by atoms with van der Waals surface area (Å²) < 4.78 is 2.06. The molecule has 0 fully saturated rings. The number of ketones is 1. The Balaban J connectivity index is 2.13. The number of thiophene rings is 1. The second kappa shape index (κ2) is 5.20. The highest BCUT2D eigenvalue weighted by molar-refractivity contribution is 9.10. The normalized spacial score (nSPS) is 10.9. The monoisotopic (exact) mass is 365 g/mol. The molecule has 5 heteroatoms. The second-order valence-electron chi connectivity index (χ2n) is 4.33. The molecule has 0 saturated heterocycles. The third-order valence-electron chi connectivity index (χ3n) is 3.06. The number of carbonyl (C=O) groups excluding carboxylic acids is 1. The van der Waals surface area contributed by atoms with Crippen LogP contribution < -0.4 is 5.73 Å². The van der Waals surface area contributed by atoms with E-state index in [-0.39, 0.29) is 5.78 Å². The van der Waals surface area contributed by atoms with Gasteiger partial charge in [-0.3, -0.25) is 4.79 Å². The highest BCUT2D eigenvalue weighted by Gasteiger charge is 2.16. The van der Waals surface area contributed by atoms with Crippen molar-refractivity contribution in [1.29, 1.82) is 0 Å². The largest absolute Gasteiger partial charge is 0.398 e. The van der Waals surface area contributed by atoms with Gasteiger partial charge >= 0.3 is 0 Å². The number of benzene rings is 2. The van der Waals surface area contributed by atoms with Crippen molar-refractivity contribution in [3.05, 3.63) is 62.4 Å². The van der Waals surface area contributed by atoms with E-state index in [1.54, 1.807) is 29.5 Å². The minimum absolute atomic E-state index is 0.0451. The van der Waals surface area contributed by atoms with Crippen molar-refractivity contribution in [1.82, 2.24) is 0 Å². The molecule has 0 aliphatic heterocycles.